The molecule has 60 heavy (non-hydrogen) atoms. The van der Waals surface area contributed by atoms with E-state index >= 15 is 0 Å². The van der Waals surface area contributed by atoms with Gasteiger partial charge in [-0.15, -0.1) is 71.8 Å². The summed E-state index contributed by atoms with van der Waals surface area (Å²) < 4.78 is 21.4. The fraction of sp³-hybridized carbons (Fsp3) is 0.125. The summed E-state index contributed by atoms with van der Waals surface area (Å²) in [6.45, 7) is 8.15. The van der Waals surface area contributed by atoms with Crippen molar-refractivity contribution in [2.45, 2.75) is 27.7 Å². The minimum atomic E-state index is 0. The first-order valence-electron chi connectivity index (χ1n) is 18.9. The van der Waals surface area contributed by atoms with E-state index in [1.807, 2.05) is 113 Å². The summed E-state index contributed by atoms with van der Waals surface area (Å²) in [5.74, 6) is 5.33. The van der Waals surface area contributed by atoms with Gasteiger partial charge in [-0.25, -0.2) is 9.97 Å². The number of hydrogen-bond acceptors (Lipinski definition) is 6. The second kappa shape index (κ2) is 16.2. The third kappa shape index (κ3) is 6.88. The van der Waals surface area contributed by atoms with Crippen LogP contribution < -0.4 is 9.47 Å². The van der Waals surface area contributed by atoms with Crippen molar-refractivity contribution in [3.63, 3.8) is 0 Å². The molecule has 0 amide bonds. The van der Waals surface area contributed by atoms with Crippen LogP contribution >= 0.6 is 0 Å². The minimum absolute atomic E-state index is 0. The molecule has 0 aliphatic carbocycles. The van der Waals surface area contributed by atoms with Crippen LogP contribution in [-0.2, 0) is 56.2 Å². The molecule has 4 aromatic carbocycles. The first-order chi connectivity index (χ1) is 28.2. The van der Waals surface area contributed by atoms with Crippen LogP contribution in [0.4, 0.5) is 0 Å². The topological polar surface area (TPSA) is 89.7 Å². The van der Waals surface area contributed by atoms with E-state index in [1.165, 1.54) is 0 Å². The molecule has 0 aliphatic heterocycles. The Bertz CT molecular complexity index is 2990. The number of pyridine rings is 2. The maximum atomic E-state index is 6.48. The van der Waals surface area contributed by atoms with E-state index in [0.29, 0.717) is 23.0 Å². The van der Waals surface area contributed by atoms with Crippen molar-refractivity contribution in [2.24, 2.45) is 14.1 Å². The zero-order valence-electron chi connectivity index (χ0n) is 33.4. The molecule has 0 aliphatic rings. The molecule has 6 heterocycles. The minimum Gasteiger partial charge on any atom is -0.503 e. The van der Waals surface area contributed by atoms with Crippen LogP contribution in [0.5, 0.6) is 23.0 Å². The van der Waals surface area contributed by atoms with Crippen LogP contribution in [0.3, 0.4) is 0 Å². The van der Waals surface area contributed by atoms with Crippen LogP contribution in [0.2, 0.25) is 0 Å². The van der Waals surface area contributed by atoms with Gasteiger partial charge < -0.3 is 27.7 Å². The first-order valence-corrected chi connectivity index (χ1v) is 18.9. The van der Waals surface area contributed by atoms with E-state index in [2.05, 4.69) is 68.5 Å². The van der Waals surface area contributed by atoms with E-state index in [4.69, 9.17) is 29.4 Å². The van der Waals surface area contributed by atoms with Crippen molar-refractivity contribution < 1.29 is 51.6 Å². The van der Waals surface area contributed by atoms with Crippen molar-refractivity contribution in [3.8, 4) is 57.4 Å². The van der Waals surface area contributed by atoms with Crippen molar-refractivity contribution in [1.29, 1.82) is 0 Å². The smallest absolute Gasteiger partial charge is 0.503 e. The number of rotatable bonds is 8. The molecule has 10 aromatic rings. The predicted molar refractivity (Wildman–Crippen MR) is 225 cm³/mol. The van der Waals surface area contributed by atoms with Crippen molar-refractivity contribution in [3.05, 3.63) is 156 Å². The summed E-state index contributed by atoms with van der Waals surface area (Å²) in [6.07, 6.45) is 3.59. The Balaban J connectivity index is 0.00000249. The average molecular weight is 1150 g/mol. The second-order valence-corrected chi connectivity index (χ2v) is 14.3. The van der Waals surface area contributed by atoms with Gasteiger partial charge in [0.05, 0.1) is 11.6 Å². The van der Waals surface area contributed by atoms with Crippen molar-refractivity contribution in [1.82, 2.24) is 38.2 Å². The van der Waals surface area contributed by atoms with Gasteiger partial charge in [0.25, 0.3) is 0 Å². The number of aromatic nitrogens is 8. The molecule has 0 saturated carbocycles. The van der Waals surface area contributed by atoms with E-state index in [-0.39, 0.29) is 42.1 Å². The van der Waals surface area contributed by atoms with Gasteiger partial charge in [-0.1, -0.05) is 46.1 Å². The summed E-state index contributed by atoms with van der Waals surface area (Å²) in [5.41, 5.74) is 9.32. The maximum absolute atomic E-state index is 6.48. The summed E-state index contributed by atoms with van der Waals surface area (Å²) >= 11 is 0. The van der Waals surface area contributed by atoms with Gasteiger partial charge >= 0.3 is 42.1 Å². The largest absolute Gasteiger partial charge is 2.00 e. The Labute approximate surface area is 376 Å². The quantitative estimate of drug-likeness (QED) is 0.141. The standard InChI is InChI=1S/C48H36N8O2.2Pt/c1-29-31(3)53(5)47(51-29)33-13-11-15-35(25-33)57-37-19-21-39-41(27-37)55(43-17-7-9-23-49-43)46-40-22-20-38(28-42(40)56(45(39)46)44-18-8-10-24-50-44)58-36-16-12-14-34(26-36)48-52-30(2)32(4)54(48)6;;/h7-24H,1-6H3;;/q-4;2*+2. The molecule has 300 valence electrons. The molecule has 0 saturated heterocycles. The molecular formula is C48H36N8O2Pt2. The summed E-state index contributed by atoms with van der Waals surface area (Å²) in [6, 6.07) is 45.5. The summed E-state index contributed by atoms with van der Waals surface area (Å²) in [5, 5.41) is 1.87. The Kier molecular flexibility index (Phi) is 11.0. The third-order valence-corrected chi connectivity index (χ3v) is 10.9. The summed E-state index contributed by atoms with van der Waals surface area (Å²) in [4.78, 5) is 19.2. The fourth-order valence-corrected chi connectivity index (χ4v) is 7.57. The molecule has 6 aromatic heterocycles. The van der Waals surface area contributed by atoms with Crippen LogP contribution in [0.15, 0.2) is 109 Å². The zero-order valence-corrected chi connectivity index (χ0v) is 38.0. The number of aryl methyl sites for hydroxylation is 2. The van der Waals surface area contributed by atoms with Crippen molar-refractivity contribution in [2.75, 3.05) is 0 Å². The number of ether oxygens (including phenoxy) is 2. The molecule has 0 fully saturated rings. The van der Waals surface area contributed by atoms with Gasteiger partial charge in [0.2, 0.25) is 0 Å². The molecule has 0 unspecified atom stereocenters. The zero-order chi connectivity index (χ0) is 39.7. The number of nitrogens with zero attached hydrogens (tertiary/aromatic N) is 8. The number of imidazole rings is 2. The van der Waals surface area contributed by atoms with Gasteiger partial charge in [-0.05, 0) is 52.0 Å². The van der Waals surface area contributed by atoms with E-state index in [1.54, 1.807) is 12.4 Å². The molecular weight excluding hydrogens is 1110 g/mol. The van der Waals surface area contributed by atoms with Crippen LogP contribution in [-0.4, -0.2) is 38.2 Å². The van der Waals surface area contributed by atoms with Crippen LogP contribution in [0, 0.1) is 52.0 Å². The number of fused-ring (bicyclic) bond motifs is 5. The molecule has 0 spiro atoms. The van der Waals surface area contributed by atoms with Gasteiger partial charge in [0.1, 0.15) is 11.6 Å². The molecule has 10 rings (SSSR count). The van der Waals surface area contributed by atoms with Gasteiger partial charge in [0.15, 0.2) is 0 Å². The average Bonchev–Trinajstić information content (AvgIpc) is 3.92. The van der Waals surface area contributed by atoms with E-state index < -0.39 is 0 Å². The molecule has 0 radical (unpaired) electrons. The molecule has 12 heteroatoms. The SMILES string of the molecule is Cc1nc(-c2[c-]c(Oc3[c-]c4c(cc3)c3c(c5ccc(Oc6[c-]c(-c7nc(C)c(C)n7C)ccc6)[c-]c5n3-c3ccccn3)n4-c3ccccn3)ccc2)n(C)c1C.[Pt+2].[Pt+2]. The fourth-order valence-electron chi connectivity index (χ4n) is 7.57. The van der Waals surface area contributed by atoms with Crippen molar-refractivity contribution >= 4 is 32.8 Å². The third-order valence-electron chi connectivity index (χ3n) is 10.9. The predicted octanol–water partition coefficient (Wildman–Crippen LogP) is 10.3. The van der Waals surface area contributed by atoms with Gasteiger partial charge in [0, 0.05) is 83.3 Å². The first kappa shape index (κ1) is 40.7. The number of benzene rings is 4. The van der Waals surface area contributed by atoms with E-state index in [9.17, 15) is 0 Å². The van der Waals surface area contributed by atoms with Gasteiger partial charge in [-0.3, -0.25) is 9.97 Å². The Morgan fingerprint density at radius 2 is 0.883 bits per heavy atom. The van der Waals surface area contributed by atoms with Gasteiger partial charge in [-0.2, -0.15) is 12.1 Å². The molecule has 10 nitrogen and oxygen atoms in total. The Morgan fingerprint density at radius 3 is 1.25 bits per heavy atom. The molecule has 0 bridgehead atoms. The molecule has 0 N–H and O–H groups in total. The van der Waals surface area contributed by atoms with Crippen LogP contribution in [0.1, 0.15) is 22.8 Å². The Hall–Kier alpha value is -6.08. The summed E-state index contributed by atoms with van der Waals surface area (Å²) in [7, 11) is 4.03. The second-order valence-electron chi connectivity index (χ2n) is 14.3. The number of hydrogen-bond donors (Lipinski definition) is 0. The van der Waals surface area contributed by atoms with E-state index in [0.717, 1.165) is 90.0 Å². The van der Waals surface area contributed by atoms with Crippen LogP contribution in [0.25, 0.3) is 67.3 Å². The maximum Gasteiger partial charge on any atom is 2.00 e. The Morgan fingerprint density at radius 1 is 0.467 bits per heavy atom. The normalized spacial score (nSPS) is 11.2. The molecule has 0 atom stereocenters. The monoisotopic (exact) mass is 1150 g/mol.